The molecule has 2 aromatic carbocycles. The summed E-state index contributed by atoms with van der Waals surface area (Å²) in [6.07, 6.45) is 3.82. The summed E-state index contributed by atoms with van der Waals surface area (Å²) in [6, 6.07) is 14.0. The van der Waals surface area contributed by atoms with Crippen molar-refractivity contribution in [2.75, 3.05) is 26.9 Å². The Morgan fingerprint density at radius 1 is 1.03 bits per heavy atom. The molecule has 1 N–H and O–H groups in total. The fraction of sp³-hybridized carbons (Fsp3) is 0.407. The average Bonchev–Trinajstić information content (AvgIpc) is 3.07. The second kappa shape index (κ2) is 11.7. The predicted molar refractivity (Wildman–Crippen MR) is 128 cm³/mol. The van der Waals surface area contributed by atoms with Gasteiger partial charge in [-0.1, -0.05) is 49.6 Å². The number of unbranched alkanes of at least 4 members (excludes halogenated alkanes) is 2. The van der Waals surface area contributed by atoms with Gasteiger partial charge in [-0.15, -0.1) is 0 Å². The molecule has 2 aromatic rings. The van der Waals surface area contributed by atoms with Crippen LogP contribution in [0.25, 0.3) is 5.76 Å². The van der Waals surface area contributed by atoms with Crippen LogP contribution in [0.5, 0.6) is 5.75 Å². The van der Waals surface area contributed by atoms with Crippen LogP contribution in [0.2, 0.25) is 0 Å². The Hall–Kier alpha value is -3.12. The first-order valence-corrected chi connectivity index (χ1v) is 11.5. The lowest BCUT2D eigenvalue weighted by Gasteiger charge is -2.25. The highest BCUT2D eigenvalue weighted by molar-refractivity contribution is 6.46. The second-order valence-electron chi connectivity index (χ2n) is 8.33. The van der Waals surface area contributed by atoms with E-state index in [2.05, 4.69) is 6.92 Å². The molecule has 6 nitrogen and oxygen atoms in total. The van der Waals surface area contributed by atoms with Crippen molar-refractivity contribution >= 4 is 17.4 Å². The van der Waals surface area contributed by atoms with Gasteiger partial charge in [0, 0.05) is 25.8 Å². The minimum Gasteiger partial charge on any atom is -0.507 e. The minimum atomic E-state index is -0.670. The lowest BCUT2D eigenvalue weighted by Crippen LogP contribution is -2.31. The quantitative estimate of drug-likeness (QED) is 0.225. The average molecular weight is 452 g/mol. The third-order valence-corrected chi connectivity index (χ3v) is 5.79. The van der Waals surface area contributed by atoms with Crippen molar-refractivity contribution in [2.45, 2.75) is 45.6 Å². The minimum absolute atomic E-state index is 0.111. The summed E-state index contributed by atoms with van der Waals surface area (Å²) >= 11 is 0. The number of methoxy groups -OCH3 is 1. The summed E-state index contributed by atoms with van der Waals surface area (Å²) in [4.78, 5) is 27.5. The summed E-state index contributed by atoms with van der Waals surface area (Å²) in [5.41, 5.74) is 2.40. The maximum absolute atomic E-state index is 13.0. The molecule has 1 aliphatic rings. The number of aryl methyl sites for hydroxylation is 1. The van der Waals surface area contributed by atoms with Crippen LogP contribution in [-0.2, 0) is 14.3 Å². The number of carbonyl (C=O) groups excluding carboxylic acids is 2. The Bertz CT molecular complexity index is 996. The number of carbonyl (C=O) groups is 2. The Labute approximate surface area is 195 Å². The number of Topliss-reactive ketones (excluding diaryl/α,β-unsaturated/α-hetero) is 1. The number of likely N-dealkylation sites (tertiary alicyclic amines) is 1. The zero-order valence-corrected chi connectivity index (χ0v) is 19.7. The van der Waals surface area contributed by atoms with Crippen molar-refractivity contribution in [3.8, 4) is 5.75 Å². The third-order valence-electron chi connectivity index (χ3n) is 5.79. The van der Waals surface area contributed by atoms with E-state index in [1.807, 2.05) is 31.2 Å². The number of ether oxygens (including phenoxy) is 2. The number of aliphatic hydroxyl groups excluding tert-OH is 1. The van der Waals surface area contributed by atoms with Gasteiger partial charge >= 0.3 is 0 Å². The molecule has 0 aliphatic carbocycles. The fourth-order valence-electron chi connectivity index (χ4n) is 4.08. The van der Waals surface area contributed by atoms with Gasteiger partial charge in [0.05, 0.1) is 18.2 Å². The Kier molecular flexibility index (Phi) is 8.66. The molecule has 0 saturated carbocycles. The molecule has 0 radical (unpaired) electrons. The molecule has 1 atom stereocenters. The zero-order chi connectivity index (χ0) is 23.8. The lowest BCUT2D eigenvalue weighted by atomic mass is 9.94. The van der Waals surface area contributed by atoms with Gasteiger partial charge in [-0.05, 0) is 49.6 Å². The van der Waals surface area contributed by atoms with Crippen molar-refractivity contribution in [3.05, 3.63) is 70.8 Å². The molecular formula is C27H33NO5. The lowest BCUT2D eigenvalue weighted by molar-refractivity contribution is -0.140. The molecule has 1 aliphatic heterocycles. The van der Waals surface area contributed by atoms with Gasteiger partial charge < -0.3 is 19.5 Å². The molecule has 3 rings (SSSR count). The highest BCUT2D eigenvalue weighted by Crippen LogP contribution is 2.39. The van der Waals surface area contributed by atoms with Crippen LogP contribution in [-0.4, -0.2) is 48.6 Å². The zero-order valence-electron chi connectivity index (χ0n) is 19.7. The second-order valence-corrected chi connectivity index (χ2v) is 8.33. The Balaban J connectivity index is 1.94. The van der Waals surface area contributed by atoms with E-state index in [0.717, 1.165) is 30.4 Å². The number of hydrogen-bond acceptors (Lipinski definition) is 5. The van der Waals surface area contributed by atoms with Crippen LogP contribution in [0.15, 0.2) is 54.1 Å². The van der Waals surface area contributed by atoms with Crippen molar-refractivity contribution < 1.29 is 24.2 Å². The topological polar surface area (TPSA) is 76.1 Å². The predicted octanol–water partition coefficient (Wildman–Crippen LogP) is 5.02. The SMILES string of the molecule is CCCCCOc1ccc(/C(O)=C2/C(=O)C(=O)N(CCCOC)C2c2cccc(C)c2)cc1. The molecule has 176 valence electrons. The Morgan fingerprint density at radius 3 is 2.45 bits per heavy atom. The van der Waals surface area contributed by atoms with E-state index in [-0.39, 0.29) is 11.3 Å². The summed E-state index contributed by atoms with van der Waals surface area (Å²) in [7, 11) is 1.60. The van der Waals surface area contributed by atoms with Gasteiger partial charge in [0.2, 0.25) is 0 Å². The molecule has 0 aromatic heterocycles. The van der Waals surface area contributed by atoms with E-state index in [1.165, 1.54) is 4.90 Å². The monoisotopic (exact) mass is 451 g/mol. The standard InChI is InChI=1S/C27H33NO5/c1-4-5-6-17-33-22-13-11-20(12-14-22)25(29)23-24(21-10-7-9-19(2)18-21)28(15-8-16-32-3)27(31)26(23)30/h7,9-14,18,24,29H,4-6,8,15-17H2,1-3H3/b25-23-. The molecule has 0 bridgehead atoms. The molecular weight excluding hydrogens is 418 g/mol. The van der Waals surface area contributed by atoms with Crippen molar-refractivity contribution in [1.29, 1.82) is 0 Å². The van der Waals surface area contributed by atoms with Gasteiger partial charge in [-0.2, -0.15) is 0 Å². The van der Waals surface area contributed by atoms with Crippen molar-refractivity contribution in [1.82, 2.24) is 4.90 Å². The van der Waals surface area contributed by atoms with Crippen molar-refractivity contribution in [3.63, 3.8) is 0 Å². The molecule has 6 heteroatoms. The summed E-state index contributed by atoms with van der Waals surface area (Å²) in [6.45, 7) is 5.57. The molecule has 0 spiro atoms. The van der Waals surface area contributed by atoms with E-state index in [0.29, 0.717) is 37.5 Å². The number of aliphatic hydroxyl groups is 1. The molecule has 1 saturated heterocycles. The van der Waals surface area contributed by atoms with Crippen LogP contribution in [0.4, 0.5) is 0 Å². The number of amides is 1. The maximum atomic E-state index is 13.0. The van der Waals surface area contributed by atoms with Crippen LogP contribution in [0.3, 0.4) is 0 Å². The largest absolute Gasteiger partial charge is 0.507 e. The molecule has 1 fully saturated rings. The van der Waals surface area contributed by atoms with Gasteiger partial charge in [0.15, 0.2) is 0 Å². The van der Waals surface area contributed by atoms with E-state index in [4.69, 9.17) is 9.47 Å². The van der Waals surface area contributed by atoms with Gasteiger partial charge in [0.25, 0.3) is 11.7 Å². The van der Waals surface area contributed by atoms with Crippen LogP contribution in [0.1, 0.15) is 55.3 Å². The number of rotatable bonds is 11. The van der Waals surface area contributed by atoms with E-state index in [1.54, 1.807) is 31.4 Å². The third kappa shape index (κ3) is 5.82. The maximum Gasteiger partial charge on any atom is 0.295 e. The first-order chi connectivity index (χ1) is 16.0. The van der Waals surface area contributed by atoms with Crippen LogP contribution in [0, 0.1) is 6.92 Å². The molecule has 1 amide bonds. The summed E-state index contributed by atoms with van der Waals surface area (Å²) in [5, 5.41) is 11.2. The van der Waals surface area contributed by atoms with E-state index < -0.39 is 17.7 Å². The number of ketones is 1. The smallest absolute Gasteiger partial charge is 0.295 e. The van der Waals surface area contributed by atoms with Crippen LogP contribution < -0.4 is 4.74 Å². The first-order valence-electron chi connectivity index (χ1n) is 11.5. The highest BCUT2D eigenvalue weighted by Gasteiger charge is 2.45. The summed E-state index contributed by atoms with van der Waals surface area (Å²) in [5.74, 6) is -0.740. The van der Waals surface area contributed by atoms with E-state index >= 15 is 0 Å². The molecule has 1 unspecified atom stereocenters. The molecule has 33 heavy (non-hydrogen) atoms. The first kappa shape index (κ1) is 24.5. The van der Waals surface area contributed by atoms with Gasteiger partial charge in [-0.25, -0.2) is 0 Å². The number of hydrogen-bond donors (Lipinski definition) is 1. The number of nitrogens with zero attached hydrogens (tertiary/aromatic N) is 1. The van der Waals surface area contributed by atoms with Gasteiger partial charge in [-0.3, -0.25) is 9.59 Å². The number of benzene rings is 2. The Morgan fingerprint density at radius 2 is 1.79 bits per heavy atom. The van der Waals surface area contributed by atoms with Crippen molar-refractivity contribution in [2.24, 2.45) is 0 Å². The van der Waals surface area contributed by atoms with Gasteiger partial charge in [0.1, 0.15) is 11.5 Å². The summed E-state index contributed by atoms with van der Waals surface area (Å²) < 4.78 is 10.9. The highest BCUT2D eigenvalue weighted by atomic mass is 16.5. The fourth-order valence-corrected chi connectivity index (χ4v) is 4.08. The van der Waals surface area contributed by atoms with Crippen LogP contribution >= 0.6 is 0 Å². The van der Waals surface area contributed by atoms with E-state index in [9.17, 15) is 14.7 Å². The molecule has 1 heterocycles. The normalized spacial score (nSPS) is 17.5.